The van der Waals surface area contributed by atoms with E-state index in [1.54, 1.807) is 6.07 Å². The third-order valence-corrected chi connectivity index (χ3v) is 2.26. The first-order chi connectivity index (χ1) is 9.04. The lowest BCUT2D eigenvalue weighted by Gasteiger charge is -1.98. The second-order valence-electron chi connectivity index (χ2n) is 3.42. The molecule has 2 aromatic rings. The molecule has 0 aliphatic rings. The molecule has 0 saturated carbocycles. The minimum atomic E-state index is -0.833. The van der Waals surface area contributed by atoms with E-state index in [9.17, 15) is 0 Å². The zero-order chi connectivity index (χ0) is 14.3. The van der Waals surface area contributed by atoms with E-state index in [-0.39, 0.29) is 0 Å². The number of benzene rings is 1. The Bertz CT molecular complexity index is 577. The number of aliphatic carboxylic acids is 1. The van der Waals surface area contributed by atoms with Gasteiger partial charge in [-0.15, -0.1) is 0 Å². The number of aliphatic imine (C=N–C) groups is 1. The molecular formula is C12H13ClN4O2. The maximum atomic E-state index is 9.00. The summed E-state index contributed by atoms with van der Waals surface area (Å²) in [6.45, 7) is 1.08. The van der Waals surface area contributed by atoms with Gasteiger partial charge in [0, 0.05) is 23.6 Å². The molecule has 19 heavy (non-hydrogen) atoms. The number of aromatic amines is 1. The molecule has 0 aliphatic heterocycles. The predicted molar refractivity (Wildman–Crippen MR) is 74.7 cm³/mol. The number of aromatic nitrogens is 2. The molecular weight excluding hydrogens is 268 g/mol. The van der Waals surface area contributed by atoms with Crippen molar-refractivity contribution >= 4 is 29.7 Å². The van der Waals surface area contributed by atoms with E-state index < -0.39 is 5.97 Å². The van der Waals surface area contributed by atoms with E-state index >= 15 is 0 Å². The first-order valence-electron chi connectivity index (χ1n) is 5.28. The molecule has 1 heterocycles. The van der Waals surface area contributed by atoms with E-state index in [0.29, 0.717) is 10.8 Å². The molecule has 4 N–H and O–H groups in total. The predicted octanol–water partition coefficient (Wildman–Crippen LogP) is 2.44. The Morgan fingerprint density at radius 3 is 2.74 bits per heavy atom. The van der Waals surface area contributed by atoms with Crippen molar-refractivity contribution in [2.75, 3.05) is 0 Å². The summed E-state index contributed by atoms with van der Waals surface area (Å²) in [6.07, 6.45) is 1.20. The third-order valence-electron chi connectivity index (χ3n) is 1.94. The summed E-state index contributed by atoms with van der Waals surface area (Å²) in [5.41, 5.74) is 6.88. The molecule has 2 rings (SSSR count). The molecule has 7 heteroatoms. The second kappa shape index (κ2) is 7.17. The molecule has 1 aromatic carbocycles. The van der Waals surface area contributed by atoms with Crippen molar-refractivity contribution in [3.05, 3.63) is 35.4 Å². The van der Waals surface area contributed by atoms with Crippen LogP contribution in [0.2, 0.25) is 5.02 Å². The standard InChI is InChI=1S/C10H9ClN4.C2H4O2/c11-8-4-2-1-3-7(8)9-5-10(13-6-12)15-14-9;1-2(3)4/h1-6H,(H3,12,13,14,15);1H3,(H,3,4). The molecule has 0 radical (unpaired) electrons. The number of hydrogen-bond acceptors (Lipinski definition) is 3. The van der Waals surface area contributed by atoms with Gasteiger partial charge in [-0.2, -0.15) is 5.10 Å². The maximum absolute atomic E-state index is 9.00. The van der Waals surface area contributed by atoms with Crippen molar-refractivity contribution in [1.82, 2.24) is 10.2 Å². The lowest BCUT2D eigenvalue weighted by molar-refractivity contribution is -0.134. The van der Waals surface area contributed by atoms with Crippen molar-refractivity contribution in [2.24, 2.45) is 10.7 Å². The molecule has 0 bridgehead atoms. The van der Waals surface area contributed by atoms with Gasteiger partial charge in [0.05, 0.1) is 12.0 Å². The summed E-state index contributed by atoms with van der Waals surface area (Å²) in [7, 11) is 0. The van der Waals surface area contributed by atoms with E-state index in [1.165, 1.54) is 6.34 Å². The number of carbonyl (C=O) groups is 1. The topological polar surface area (TPSA) is 104 Å². The molecule has 0 amide bonds. The van der Waals surface area contributed by atoms with Gasteiger partial charge in [-0.25, -0.2) is 4.99 Å². The van der Waals surface area contributed by atoms with Crippen LogP contribution in [0.1, 0.15) is 6.92 Å². The average molecular weight is 281 g/mol. The molecule has 0 saturated heterocycles. The average Bonchev–Trinajstić information content (AvgIpc) is 2.78. The van der Waals surface area contributed by atoms with Crippen molar-refractivity contribution in [1.29, 1.82) is 0 Å². The SMILES string of the molecule is CC(=O)O.NC=Nc1cc(-c2ccccc2Cl)[nH]n1. The Kier molecular flexibility index (Phi) is 5.56. The summed E-state index contributed by atoms with van der Waals surface area (Å²) in [6, 6.07) is 9.30. The summed E-state index contributed by atoms with van der Waals surface area (Å²) in [5.74, 6) is -0.299. The highest BCUT2D eigenvalue weighted by Gasteiger charge is 2.05. The van der Waals surface area contributed by atoms with Crippen molar-refractivity contribution in [3.8, 4) is 11.3 Å². The van der Waals surface area contributed by atoms with Crippen LogP contribution >= 0.6 is 11.6 Å². The van der Waals surface area contributed by atoms with Crippen molar-refractivity contribution in [2.45, 2.75) is 6.92 Å². The van der Waals surface area contributed by atoms with E-state index in [4.69, 9.17) is 27.2 Å². The van der Waals surface area contributed by atoms with Crippen LogP contribution in [-0.4, -0.2) is 27.6 Å². The number of nitrogens with one attached hydrogen (secondary N) is 1. The van der Waals surface area contributed by atoms with Gasteiger partial charge < -0.3 is 10.8 Å². The minimum absolute atomic E-state index is 0.535. The number of carboxylic acid groups (broad SMARTS) is 1. The smallest absolute Gasteiger partial charge is 0.300 e. The van der Waals surface area contributed by atoms with Crippen LogP contribution in [0.4, 0.5) is 5.82 Å². The van der Waals surface area contributed by atoms with E-state index in [2.05, 4.69) is 15.2 Å². The Hall–Kier alpha value is -2.34. The lowest BCUT2D eigenvalue weighted by Crippen LogP contribution is -1.85. The summed E-state index contributed by atoms with van der Waals surface area (Å²) in [4.78, 5) is 12.8. The van der Waals surface area contributed by atoms with E-state index in [1.807, 2.05) is 24.3 Å². The first-order valence-corrected chi connectivity index (χ1v) is 5.66. The van der Waals surface area contributed by atoms with Gasteiger partial charge in [0.2, 0.25) is 0 Å². The zero-order valence-corrected chi connectivity index (χ0v) is 10.9. The molecule has 0 unspecified atom stereocenters. The number of nitrogens with zero attached hydrogens (tertiary/aromatic N) is 2. The van der Waals surface area contributed by atoms with Crippen LogP contribution in [0, 0.1) is 0 Å². The zero-order valence-electron chi connectivity index (χ0n) is 10.2. The number of nitrogens with two attached hydrogens (primary N) is 1. The lowest BCUT2D eigenvalue weighted by atomic mass is 10.1. The van der Waals surface area contributed by atoms with Crippen molar-refractivity contribution < 1.29 is 9.90 Å². The Balaban J connectivity index is 0.000000399. The number of hydrogen-bond donors (Lipinski definition) is 3. The maximum Gasteiger partial charge on any atom is 0.300 e. The number of rotatable bonds is 2. The fraction of sp³-hybridized carbons (Fsp3) is 0.0833. The van der Waals surface area contributed by atoms with Crippen LogP contribution in [0.3, 0.4) is 0 Å². The Labute approximate surface area is 114 Å². The number of carboxylic acids is 1. The largest absolute Gasteiger partial charge is 0.481 e. The van der Waals surface area contributed by atoms with Gasteiger partial charge in [-0.1, -0.05) is 29.8 Å². The minimum Gasteiger partial charge on any atom is -0.481 e. The molecule has 0 spiro atoms. The third kappa shape index (κ3) is 4.81. The monoisotopic (exact) mass is 280 g/mol. The fourth-order valence-electron chi connectivity index (χ4n) is 1.27. The summed E-state index contributed by atoms with van der Waals surface area (Å²) in [5, 5.41) is 14.9. The summed E-state index contributed by atoms with van der Waals surface area (Å²) < 4.78 is 0. The fourth-order valence-corrected chi connectivity index (χ4v) is 1.51. The van der Waals surface area contributed by atoms with Crippen LogP contribution in [0.25, 0.3) is 11.3 Å². The second-order valence-corrected chi connectivity index (χ2v) is 3.82. The highest BCUT2D eigenvalue weighted by molar-refractivity contribution is 6.33. The van der Waals surface area contributed by atoms with Gasteiger partial charge >= 0.3 is 0 Å². The molecule has 0 aliphatic carbocycles. The number of halogens is 1. The van der Waals surface area contributed by atoms with E-state index in [0.717, 1.165) is 18.2 Å². The Morgan fingerprint density at radius 1 is 1.53 bits per heavy atom. The molecule has 100 valence electrons. The van der Waals surface area contributed by atoms with Crippen LogP contribution in [0.5, 0.6) is 0 Å². The Morgan fingerprint density at radius 2 is 2.16 bits per heavy atom. The quantitative estimate of drug-likeness (QED) is 0.580. The van der Waals surface area contributed by atoms with Gasteiger partial charge in [0.25, 0.3) is 5.97 Å². The van der Waals surface area contributed by atoms with Crippen molar-refractivity contribution in [3.63, 3.8) is 0 Å². The van der Waals surface area contributed by atoms with Gasteiger partial charge in [-0.3, -0.25) is 9.89 Å². The molecule has 6 nitrogen and oxygen atoms in total. The molecule has 0 fully saturated rings. The van der Waals surface area contributed by atoms with Crippen LogP contribution in [-0.2, 0) is 4.79 Å². The van der Waals surface area contributed by atoms with Gasteiger partial charge in [0.1, 0.15) is 0 Å². The van der Waals surface area contributed by atoms with Crippen LogP contribution < -0.4 is 5.73 Å². The highest BCUT2D eigenvalue weighted by Crippen LogP contribution is 2.27. The molecule has 0 atom stereocenters. The van der Waals surface area contributed by atoms with Crippen LogP contribution in [0.15, 0.2) is 35.3 Å². The van der Waals surface area contributed by atoms with Gasteiger partial charge in [0.15, 0.2) is 5.82 Å². The highest BCUT2D eigenvalue weighted by atomic mass is 35.5. The first kappa shape index (κ1) is 14.7. The summed E-state index contributed by atoms with van der Waals surface area (Å²) >= 11 is 6.03. The number of H-pyrrole nitrogens is 1. The normalized spacial score (nSPS) is 10.0. The van der Waals surface area contributed by atoms with Gasteiger partial charge in [-0.05, 0) is 6.07 Å². The molecule has 1 aromatic heterocycles.